The standard InChI is InChI=1S/C46H77N5O7.C26H30N4O6.C3H6O/c1-11-37(28-31(2)3)43(57)50-46(10,35(8)54)27-23-18-16-14-12-13-15-17-22-26-45(9,34(7)53)49-38(29-32(4)5)41(55)42(56)40(33(6)52)48-44(58)39(51-47)30-36-24-20-19-21-25-36;1-15(31)22(13-17-14-28-20-5-3-2-4-19(17)20)29-21(10-11-24(33)34)25(35)26(36)23(30-27)12-16-6-8-18(32)9-7-16;1-3(2)4/h14,16,19-21,24-25,31-33,37-40,49,51-52H,11-13,15,17-18,22-23,26-30,47H2,1-10H3,(H,48,58)(H,50,57);2-9,14,21-23,28-30,32H,10-13,27H2,1H3,(H,33,34);1-2H3/b16-14+;;/t33-,37+,38+,39+,40+,45-,46+;21-,22-,23-;/m10./s1. The Morgan fingerprint density at radius 3 is 1.64 bits per heavy atom. The number of rotatable bonds is 45. The van der Waals surface area contributed by atoms with Crippen LogP contribution in [0.2, 0.25) is 0 Å². The molecule has 2 amide bonds. The molecule has 98 heavy (non-hydrogen) atoms. The summed E-state index contributed by atoms with van der Waals surface area (Å²) in [5.41, 5.74) is 6.11. The number of carbonyl (C=O) groups is 11. The van der Waals surface area contributed by atoms with Crippen molar-refractivity contribution >= 4 is 75.0 Å². The minimum Gasteiger partial charge on any atom is -0.508 e. The summed E-state index contributed by atoms with van der Waals surface area (Å²) < 4.78 is 0. The summed E-state index contributed by atoms with van der Waals surface area (Å²) in [5.74, 6) is 6.09. The fourth-order valence-electron chi connectivity index (χ4n) is 11.2. The molecule has 4 aromatic rings. The molecule has 1 heterocycles. The Morgan fingerprint density at radius 1 is 0.582 bits per heavy atom. The number of amides is 2. The summed E-state index contributed by atoms with van der Waals surface area (Å²) in [7, 11) is 0. The monoisotopic (exact) mass is 1360 g/mol. The average molecular weight is 1360 g/mol. The van der Waals surface area contributed by atoms with Crippen molar-refractivity contribution < 1.29 is 68.1 Å². The molecule has 0 saturated heterocycles. The molecular weight excluding hydrogens is 1250 g/mol. The first kappa shape index (κ1) is 86.3. The van der Waals surface area contributed by atoms with Gasteiger partial charge in [0.15, 0.2) is 5.78 Å². The highest BCUT2D eigenvalue weighted by atomic mass is 16.4. The zero-order valence-electron chi connectivity index (χ0n) is 60.0. The number of H-pyrrole nitrogens is 1. The SMILES string of the molecule is CC(=O)[C@H](Cc1c[nH]c2ccccc12)N[C@@H](CCC(=O)O)C(=O)C(=O)[C@H](Cc1ccc(O)cc1)NN.CC(C)=O.CC[C@@H](CC(C)C)C(=O)N[C@@](C)(CCC/C=C/CCCCCC[C@@](C)(N[C@@H](CC(C)C)C(=O)C(=O)[C@@H](NC(=O)[C@H](Cc1ccccc1)NN)[C@@H](C)O)C(C)=O)C(C)=O. The molecule has 4 rings (SSSR count). The number of allylic oxidation sites excluding steroid dienone is 2. The average Bonchev–Trinajstić information content (AvgIpc) is 1.60. The number of phenols is 1. The van der Waals surface area contributed by atoms with Crippen molar-refractivity contribution in [2.45, 2.75) is 253 Å². The van der Waals surface area contributed by atoms with E-state index in [0.29, 0.717) is 24.3 Å². The molecule has 0 radical (unpaired) electrons. The number of para-hydroxylation sites is 1. The number of fused-ring (bicyclic) bond motifs is 1. The van der Waals surface area contributed by atoms with E-state index in [4.69, 9.17) is 11.7 Å². The normalized spacial score (nSPS) is 15.1. The molecule has 10 atom stereocenters. The number of hydrogen-bond donors (Lipinski definition) is 12. The number of unbranched alkanes of at least 4 members (excludes halogenated alkanes) is 5. The van der Waals surface area contributed by atoms with Gasteiger partial charge in [-0.05, 0) is 186 Å². The number of aromatic nitrogens is 1. The van der Waals surface area contributed by atoms with E-state index in [1.807, 2.05) is 82.3 Å². The molecule has 1 aromatic heterocycles. The van der Waals surface area contributed by atoms with Gasteiger partial charge in [0.05, 0.1) is 41.3 Å². The second kappa shape index (κ2) is 44.3. The molecule has 0 saturated carbocycles. The summed E-state index contributed by atoms with van der Waals surface area (Å²) in [6.45, 7) is 22.4. The number of phenolic OH excluding ortho intramolecular Hbond substituents is 1. The quantitative estimate of drug-likeness (QED) is 0.00655. The zero-order chi connectivity index (χ0) is 73.9. The number of nitrogens with one attached hydrogen (secondary N) is 7. The molecule has 542 valence electrons. The zero-order valence-corrected chi connectivity index (χ0v) is 60.0. The molecule has 14 N–H and O–H groups in total. The number of ketones is 8. The molecule has 0 unspecified atom stereocenters. The van der Waals surface area contributed by atoms with E-state index in [1.165, 1.54) is 46.8 Å². The summed E-state index contributed by atoms with van der Waals surface area (Å²) in [6, 6.07) is 16.4. The van der Waals surface area contributed by atoms with Gasteiger partial charge in [0, 0.05) is 29.4 Å². The van der Waals surface area contributed by atoms with Gasteiger partial charge >= 0.3 is 5.97 Å². The van der Waals surface area contributed by atoms with Gasteiger partial charge in [-0.25, -0.2) is 10.9 Å². The Labute approximate surface area is 579 Å². The third-order valence-corrected chi connectivity index (χ3v) is 17.3. The van der Waals surface area contributed by atoms with Crippen molar-refractivity contribution in [3.05, 3.63) is 114 Å². The number of aliphatic carboxylic acids is 1. The fraction of sp³-hybridized carbons (Fsp3) is 0.560. The first-order valence-electron chi connectivity index (χ1n) is 34.3. The minimum absolute atomic E-state index is 0.00225. The van der Waals surface area contributed by atoms with E-state index in [9.17, 15) is 68.1 Å². The lowest BCUT2D eigenvalue weighted by molar-refractivity contribution is -0.142. The van der Waals surface area contributed by atoms with Crippen molar-refractivity contribution in [1.82, 2.24) is 37.1 Å². The maximum Gasteiger partial charge on any atom is 0.303 e. The summed E-state index contributed by atoms with van der Waals surface area (Å²) in [5, 5.41) is 41.9. The van der Waals surface area contributed by atoms with Crippen LogP contribution in [0.3, 0.4) is 0 Å². The molecule has 3 aromatic carbocycles. The van der Waals surface area contributed by atoms with Crippen LogP contribution in [-0.4, -0.2) is 138 Å². The Morgan fingerprint density at radius 2 is 1.10 bits per heavy atom. The van der Waals surface area contributed by atoms with Crippen molar-refractivity contribution in [1.29, 1.82) is 0 Å². The van der Waals surface area contributed by atoms with Crippen molar-refractivity contribution in [3.63, 3.8) is 0 Å². The number of aliphatic hydroxyl groups excluding tert-OH is 1. The van der Waals surface area contributed by atoms with Crippen LogP contribution in [-0.2, 0) is 72.0 Å². The highest BCUT2D eigenvalue weighted by Gasteiger charge is 2.41. The van der Waals surface area contributed by atoms with Crippen LogP contribution in [0.15, 0.2) is 97.2 Å². The van der Waals surface area contributed by atoms with Gasteiger partial charge in [-0.2, -0.15) is 0 Å². The lowest BCUT2D eigenvalue weighted by Crippen LogP contribution is -2.61. The predicted octanol–water partition coefficient (Wildman–Crippen LogP) is 8.02. The number of hydrogen-bond acceptors (Lipinski definition) is 19. The largest absolute Gasteiger partial charge is 0.508 e. The number of aliphatic hydroxyl groups is 1. The molecule has 0 aliphatic heterocycles. The van der Waals surface area contributed by atoms with Crippen LogP contribution in [0.5, 0.6) is 5.75 Å². The van der Waals surface area contributed by atoms with Crippen LogP contribution in [0, 0.1) is 17.8 Å². The van der Waals surface area contributed by atoms with Crippen LogP contribution < -0.4 is 43.8 Å². The maximum absolute atomic E-state index is 13.8. The van der Waals surface area contributed by atoms with Gasteiger partial charge in [0.2, 0.25) is 34.9 Å². The number of carbonyl (C=O) groups excluding carboxylic acids is 10. The van der Waals surface area contributed by atoms with Crippen molar-refractivity contribution in [3.8, 4) is 5.75 Å². The molecule has 0 spiro atoms. The van der Waals surface area contributed by atoms with Crippen molar-refractivity contribution in [2.75, 3.05) is 0 Å². The van der Waals surface area contributed by atoms with Crippen LogP contribution in [0.1, 0.15) is 197 Å². The number of aromatic amines is 1. The summed E-state index contributed by atoms with van der Waals surface area (Å²) in [6.07, 6.45) is 13.6. The third kappa shape index (κ3) is 31.0. The molecule has 23 heteroatoms. The Bertz CT molecular complexity index is 3230. The van der Waals surface area contributed by atoms with Gasteiger partial charge in [-0.1, -0.05) is 127 Å². The van der Waals surface area contributed by atoms with Crippen LogP contribution in [0.4, 0.5) is 0 Å². The van der Waals surface area contributed by atoms with E-state index in [1.54, 1.807) is 32.2 Å². The first-order valence-corrected chi connectivity index (χ1v) is 34.3. The second-order valence-electron chi connectivity index (χ2n) is 27.1. The molecule has 0 bridgehead atoms. The van der Waals surface area contributed by atoms with E-state index in [0.717, 1.165) is 79.8 Å². The van der Waals surface area contributed by atoms with Gasteiger partial charge in [-0.3, -0.25) is 70.3 Å². The lowest BCUT2D eigenvalue weighted by Gasteiger charge is -2.34. The number of aromatic hydroxyl groups is 1. The highest BCUT2D eigenvalue weighted by Crippen LogP contribution is 2.25. The Balaban J connectivity index is 0.000000691. The number of benzene rings is 3. The second-order valence-corrected chi connectivity index (χ2v) is 27.1. The van der Waals surface area contributed by atoms with Gasteiger partial charge in [-0.15, -0.1) is 0 Å². The number of nitrogens with two attached hydrogens (primary N) is 2. The van der Waals surface area contributed by atoms with E-state index >= 15 is 0 Å². The smallest absolute Gasteiger partial charge is 0.303 e. The lowest BCUT2D eigenvalue weighted by atomic mass is 9.86. The topological polar surface area (TPSA) is 388 Å². The number of carboxylic acid groups (broad SMARTS) is 1. The molecular formula is C75H113N9O14. The van der Waals surface area contributed by atoms with Crippen LogP contribution >= 0.6 is 0 Å². The number of carboxylic acids is 1. The van der Waals surface area contributed by atoms with Crippen LogP contribution in [0.25, 0.3) is 10.9 Å². The minimum atomic E-state index is -1.50. The fourth-order valence-corrected chi connectivity index (χ4v) is 11.2. The summed E-state index contributed by atoms with van der Waals surface area (Å²) >= 11 is 0. The Kier molecular flexibility index (Phi) is 39.0. The third-order valence-electron chi connectivity index (χ3n) is 17.3. The molecule has 23 nitrogen and oxygen atoms in total. The van der Waals surface area contributed by atoms with E-state index in [-0.39, 0.29) is 85.2 Å². The Hall–Kier alpha value is -7.77. The van der Waals surface area contributed by atoms with E-state index < -0.39 is 88.4 Å². The van der Waals surface area contributed by atoms with Gasteiger partial charge in [0.25, 0.3) is 0 Å². The number of hydrazine groups is 2. The highest BCUT2D eigenvalue weighted by molar-refractivity contribution is 6.42. The summed E-state index contributed by atoms with van der Waals surface area (Å²) in [4.78, 5) is 142. The van der Waals surface area contributed by atoms with Gasteiger partial charge < -0.3 is 35.7 Å². The predicted molar refractivity (Wildman–Crippen MR) is 381 cm³/mol. The maximum atomic E-state index is 13.8. The number of Topliss-reactive ketones (excluding diaryl/α,β-unsaturated/α-hetero) is 8. The first-order chi connectivity index (χ1) is 46.1. The molecule has 0 aliphatic carbocycles. The molecule has 0 aliphatic rings. The van der Waals surface area contributed by atoms with Gasteiger partial charge in [0.1, 0.15) is 35.2 Å². The van der Waals surface area contributed by atoms with Crippen molar-refractivity contribution in [2.24, 2.45) is 29.4 Å². The van der Waals surface area contributed by atoms with E-state index in [2.05, 4.69) is 63.1 Å². The molecule has 0 fully saturated rings.